The first-order valence-corrected chi connectivity index (χ1v) is 8.53. The minimum absolute atomic E-state index is 0. The minimum Gasteiger partial charge on any atom is -0.492 e. The second-order valence-corrected chi connectivity index (χ2v) is 6.10. The molecule has 1 aliphatic rings. The number of hydrogen-bond donors (Lipinski definition) is 1. The number of carbonyl (C=O) groups excluding carboxylic acids is 1. The number of ether oxygens (including phenoxy) is 1. The summed E-state index contributed by atoms with van der Waals surface area (Å²) in [6.45, 7) is 4.99. The van der Waals surface area contributed by atoms with Crippen molar-refractivity contribution < 1.29 is 9.53 Å². The molecule has 1 N–H and O–H groups in total. The third-order valence-corrected chi connectivity index (χ3v) is 4.37. The molecule has 4 nitrogen and oxygen atoms in total. The maximum atomic E-state index is 12.4. The molecule has 0 saturated carbocycles. The van der Waals surface area contributed by atoms with Gasteiger partial charge in [0.2, 0.25) is 5.91 Å². The first-order valence-electron chi connectivity index (χ1n) is 8.53. The van der Waals surface area contributed by atoms with Crippen LogP contribution in [0.5, 0.6) is 5.75 Å². The molecular formula is C20H25ClN2O2. The molecule has 0 bridgehead atoms. The number of para-hydroxylation sites is 1. The number of rotatable bonds is 5. The van der Waals surface area contributed by atoms with Crippen LogP contribution in [0.2, 0.25) is 0 Å². The lowest BCUT2D eigenvalue weighted by Gasteiger charge is -2.34. The third-order valence-electron chi connectivity index (χ3n) is 4.37. The van der Waals surface area contributed by atoms with Crippen LogP contribution in [-0.2, 0) is 4.79 Å². The molecule has 1 atom stereocenters. The molecule has 0 radical (unpaired) electrons. The summed E-state index contributed by atoms with van der Waals surface area (Å²) in [5.41, 5.74) is 2.18. The lowest BCUT2D eigenvalue weighted by atomic mass is 10.1. The number of carbonyl (C=O) groups is 1. The van der Waals surface area contributed by atoms with Crippen LogP contribution in [0.1, 0.15) is 13.3 Å². The van der Waals surface area contributed by atoms with Gasteiger partial charge in [0.15, 0.2) is 0 Å². The molecule has 1 heterocycles. The highest BCUT2D eigenvalue weighted by atomic mass is 35.5. The average molecular weight is 361 g/mol. The summed E-state index contributed by atoms with van der Waals surface area (Å²) >= 11 is 0. The van der Waals surface area contributed by atoms with Crippen molar-refractivity contribution in [3.8, 4) is 16.9 Å². The van der Waals surface area contributed by atoms with Gasteiger partial charge in [0, 0.05) is 31.2 Å². The standard InChI is InChI=1S/C20H24N2O2.ClH/c1-16-15-21-12-13-22(16)20(23)11-14-24-19-10-6-5-9-18(19)17-7-3-2-4-8-17;/h2-10,16,21H,11-15H2,1H3;1H. The van der Waals surface area contributed by atoms with Crippen molar-refractivity contribution in [1.29, 1.82) is 0 Å². The third kappa shape index (κ3) is 4.97. The Morgan fingerprint density at radius 1 is 1.16 bits per heavy atom. The van der Waals surface area contributed by atoms with E-state index in [1.165, 1.54) is 0 Å². The summed E-state index contributed by atoms with van der Waals surface area (Å²) in [5.74, 6) is 0.992. The molecule has 1 aliphatic heterocycles. The monoisotopic (exact) mass is 360 g/mol. The zero-order valence-electron chi connectivity index (χ0n) is 14.5. The molecule has 1 fully saturated rings. The predicted octanol–water partition coefficient (Wildman–Crippen LogP) is 3.36. The molecule has 1 amide bonds. The number of benzene rings is 2. The molecule has 2 aromatic carbocycles. The average Bonchev–Trinajstić information content (AvgIpc) is 2.63. The van der Waals surface area contributed by atoms with Crippen molar-refractivity contribution in [2.75, 3.05) is 26.2 Å². The van der Waals surface area contributed by atoms with Gasteiger partial charge >= 0.3 is 0 Å². The lowest BCUT2D eigenvalue weighted by Crippen LogP contribution is -2.52. The van der Waals surface area contributed by atoms with E-state index in [-0.39, 0.29) is 24.4 Å². The Kier molecular flexibility index (Phi) is 7.29. The Labute approximate surface area is 155 Å². The molecule has 0 spiro atoms. The van der Waals surface area contributed by atoms with E-state index >= 15 is 0 Å². The summed E-state index contributed by atoms with van der Waals surface area (Å²) in [5, 5.41) is 3.30. The topological polar surface area (TPSA) is 41.6 Å². The zero-order valence-corrected chi connectivity index (χ0v) is 15.3. The van der Waals surface area contributed by atoms with Crippen LogP contribution in [0.15, 0.2) is 54.6 Å². The van der Waals surface area contributed by atoms with Crippen molar-refractivity contribution in [1.82, 2.24) is 10.2 Å². The quantitative estimate of drug-likeness (QED) is 0.888. The van der Waals surface area contributed by atoms with Crippen LogP contribution in [0.4, 0.5) is 0 Å². The largest absolute Gasteiger partial charge is 0.492 e. The molecule has 25 heavy (non-hydrogen) atoms. The normalized spacial score (nSPS) is 16.8. The zero-order chi connectivity index (χ0) is 16.8. The van der Waals surface area contributed by atoms with Gasteiger partial charge in [-0.2, -0.15) is 0 Å². The van der Waals surface area contributed by atoms with E-state index in [0.717, 1.165) is 36.5 Å². The van der Waals surface area contributed by atoms with Gasteiger partial charge in [-0.05, 0) is 18.6 Å². The maximum Gasteiger partial charge on any atom is 0.226 e. The van der Waals surface area contributed by atoms with Gasteiger partial charge in [-0.3, -0.25) is 4.79 Å². The van der Waals surface area contributed by atoms with Crippen LogP contribution in [-0.4, -0.2) is 43.1 Å². The van der Waals surface area contributed by atoms with Gasteiger partial charge < -0.3 is 15.0 Å². The van der Waals surface area contributed by atoms with E-state index in [4.69, 9.17) is 4.74 Å². The second kappa shape index (κ2) is 9.44. The van der Waals surface area contributed by atoms with E-state index in [1.54, 1.807) is 0 Å². The smallest absolute Gasteiger partial charge is 0.226 e. The fourth-order valence-electron chi connectivity index (χ4n) is 3.05. The number of nitrogens with zero attached hydrogens (tertiary/aromatic N) is 1. The summed E-state index contributed by atoms with van der Waals surface area (Å²) in [4.78, 5) is 14.3. The highest BCUT2D eigenvalue weighted by molar-refractivity contribution is 5.85. The van der Waals surface area contributed by atoms with Crippen LogP contribution in [0.25, 0.3) is 11.1 Å². The van der Waals surface area contributed by atoms with Crippen molar-refractivity contribution in [2.45, 2.75) is 19.4 Å². The second-order valence-electron chi connectivity index (χ2n) is 6.10. The van der Waals surface area contributed by atoms with Crippen LogP contribution in [0, 0.1) is 0 Å². The number of halogens is 1. The van der Waals surface area contributed by atoms with Gasteiger partial charge in [-0.15, -0.1) is 12.4 Å². The summed E-state index contributed by atoms with van der Waals surface area (Å²) in [6, 6.07) is 18.4. The van der Waals surface area contributed by atoms with Crippen molar-refractivity contribution in [3.63, 3.8) is 0 Å². The predicted molar refractivity (Wildman–Crippen MR) is 103 cm³/mol. The summed E-state index contributed by atoms with van der Waals surface area (Å²) in [6.07, 6.45) is 0.410. The highest BCUT2D eigenvalue weighted by Crippen LogP contribution is 2.29. The molecule has 1 saturated heterocycles. The van der Waals surface area contributed by atoms with Crippen molar-refractivity contribution >= 4 is 18.3 Å². The van der Waals surface area contributed by atoms with E-state index in [9.17, 15) is 4.79 Å². The van der Waals surface area contributed by atoms with Gasteiger partial charge in [0.05, 0.1) is 13.0 Å². The fourth-order valence-corrected chi connectivity index (χ4v) is 3.05. The molecule has 5 heteroatoms. The minimum atomic E-state index is 0. The van der Waals surface area contributed by atoms with Gasteiger partial charge in [-0.25, -0.2) is 0 Å². The van der Waals surface area contributed by atoms with Crippen LogP contribution >= 0.6 is 12.4 Å². The molecule has 134 valence electrons. The Morgan fingerprint density at radius 3 is 2.64 bits per heavy atom. The van der Waals surface area contributed by atoms with Crippen LogP contribution in [0.3, 0.4) is 0 Å². The lowest BCUT2D eigenvalue weighted by molar-refractivity contribution is -0.134. The number of piperazine rings is 1. The highest BCUT2D eigenvalue weighted by Gasteiger charge is 2.22. The van der Waals surface area contributed by atoms with Crippen LogP contribution < -0.4 is 10.1 Å². The molecule has 0 aromatic heterocycles. The number of amides is 1. The van der Waals surface area contributed by atoms with Crippen molar-refractivity contribution in [3.05, 3.63) is 54.6 Å². The molecular weight excluding hydrogens is 336 g/mol. The van der Waals surface area contributed by atoms with Gasteiger partial charge in [0.1, 0.15) is 5.75 Å². The SMILES string of the molecule is CC1CNCCN1C(=O)CCOc1ccccc1-c1ccccc1.Cl. The Bertz CT molecular complexity index is 678. The molecule has 1 unspecified atom stereocenters. The molecule has 3 rings (SSSR count). The molecule has 2 aromatic rings. The molecule has 0 aliphatic carbocycles. The van der Waals surface area contributed by atoms with E-state index in [2.05, 4.69) is 24.4 Å². The Balaban J connectivity index is 0.00000225. The van der Waals surface area contributed by atoms with Gasteiger partial charge in [-0.1, -0.05) is 48.5 Å². The Hall–Kier alpha value is -2.04. The summed E-state index contributed by atoms with van der Waals surface area (Å²) in [7, 11) is 0. The first-order chi connectivity index (χ1) is 11.8. The van der Waals surface area contributed by atoms with E-state index < -0.39 is 0 Å². The van der Waals surface area contributed by atoms with E-state index in [0.29, 0.717) is 13.0 Å². The first kappa shape index (κ1) is 19.3. The summed E-state index contributed by atoms with van der Waals surface area (Å²) < 4.78 is 5.93. The number of hydrogen-bond acceptors (Lipinski definition) is 3. The van der Waals surface area contributed by atoms with Gasteiger partial charge in [0.25, 0.3) is 0 Å². The Morgan fingerprint density at radius 2 is 1.88 bits per heavy atom. The van der Waals surface area contributed by atoms with Crippen molar-refractivity contribution in [2.24, 2.45) is 0 Å². The van der Waals surface area contributed by atoms with E-state index in [1.807, 2.05) is 47.4 Å². The maximum absolute atomic E-state index is 12.4. The fraction of sp³-hybridized carbons (Fsp3) is 0.350. The number of nitrogens with one attached hydrogen (secondary N) is 1.